The quantitative estimate of drug-likeness (QED) is 0.791. The van der Waals surface area contributed by atoms with Gasteiger partial charge in [-0.25, -0.2) is 10.4 Å². The van der Waals surface area contributed by atoms with E-state index in [9.17, 15) is 0 Å². The standard InChI is InChI=1S/C18H40N4/c1-14(2)9-15(3)10-16(4)18(11-19)12-20-22(17(5,6)7)21(8)13-18/h14-16,20H,9-13,19H2,1-8H3. The highest BCUT2D eigenvalue weighted by atomic mass is 15.8. The van der Waals surface area contributed by atoms with Gasteiger partial charge in [0.15, 0.2) is 0 Å². The predicted octanol–water partition coefficient (Wildman–Crippen LogP) is 3.11. The number of hydrogen-bond donors (Lipinski definition) is 2. The van der Waals surface area contributed by atoms with E-state index in [4.69, 9.17) is 5.73 Å². The first kappa shape index (κ1) is 19.9. The smallest absolute Gasteiger partial charge is 0.0428 e. The number of nitrogens with one attached hydrogen (secondary N) is 1. The summed E-state index contributed by atoms with van der Waals surface area (Å²) in [6, 6.07) is 0. The van der Waals surface area contributed by atoms with Gasteiger partial charge in [-0.1, -0.05) is 27.7 Å². The summed E-state index contributed by atoms with van der Waals surface area (Å²) >= 11 is 0. The maximum atomic E-state index is 6.25. The van der Waals surface area contributed by atoms with Gasteiger partial charge >= 0.3 is 0 Å². The third-order valence-electron chi connectivity index (χ3n) is 5.18. The van der Waals surface area contributed by atoms with E-state index >= 15 is 0 Å². The lowest BCUT2D eigenvalue weighted by Gasteiger charge is -2.54. The number of hydrazine groups is 2. The molecule has 4 heteroatoms. The molecule has 0 spiro atoms. The highest BCUT2D eigenvalue weighted by molar-refractivity contribution is 4.93. The molecule has 3 unspecified atom stereocenters. The average Bonchev–Trinajstić information content (AvgIpc) is 2.35. The van der Waals surface area contributed by atoms with Crippen molar-refractivity contribution in [2.75, 3.05) is 26.7 Å². The lowest BCUT2D eigenvalue weighted by atomic mass is 9.71. The second-order valence-electron chi connectivity index (χ2n) is 9.07. The zero-order valence-electron chi connectivity index (χ0n) is 16.2. The van der Waals surface area contributed by atoms with Crippen LogP contribution in [0.4, 0.5) is 0 Å². The molecule has 0 aromatic carbocycles. The van der Waals surface area contributed by atoms with Crippen LogP contribution in [-0.2, 0) is 0 Å². The Bertz CT molecular complexity index is 336. The lowest BCUT2D eigenvalue weighted by molar-refractivity contribution is -0.179. The van der Waals surface area contributed by atoms with Gasteiger partial charge in [-0.3, -0.25) is 0 Å². The molecule has 0 aromatic heterocycles. The Hall–Kier alpha value is -0.160. The molecule has 22 heavy (non-hydrogen) atoms. The van der Waals surface area contributed by atoms with Crippen LogP contribution in [0.25, 0.3) is 0 Å². The Morgan fingerprint density at radius 1 is 1.14 bits per heavy atom. The van der Waals surface area contributed by atoms with Crippen molar-refractivity contribution in [3.05, 3.63) is 0 Å². The second kappa shape index (κ2) is 7.61. The summed E-state index contributed by atoms with van der Waals surface area (Å²) in [5, 5.41) is 4.57. The largest absolute Gasteiger partial charge is 0.330 e. The van der Waals surface area contributed by atoms with E-state index in [1.54, 1.807) is 0 Å². The first-order valence-corrected chi connectivity index (χ1v) is 8.96. The molecule has 0 radical (unpaired) electrons. The molecule has 1 aliphatic rings. The van der Waals surface area contributed by atoms with Crippen LogP contribution in [0.1, 0.15) is 61.3 Å². The van der Waals surface area contributed by atoms with Gasteiger partial charge in [0.2, 0.25) is 0 Å². The molecule has 0 aliphatic carbocycles. The Morgan fingerprint density at radius 2 is 1.73 bits per heavy atom. The third kappa shape index (κ3) is 4.92. The van der Waals surface area contributed by atoms with Gasteiger partial charge in [0, 0.05) is 37.6 Å². The van der Waals surface area contributed by atoms with E-state index in [0.717, 1.165) is 31.5 Å². The van der Waals surface area contributed by atoms with Gasteiger partial charge in [0.25, 0.3) is 0 Å². The van der Waals surface area contributed by atoms with Crippen LogP contribution in [0, 0.1) is 23.2 Å². The van der Waals surface area contributed by atoms with Crippen molar-refractivity contribution in [2.24, 2.45) is 28.9 Å². The van der Waals surface area contributed by atoms with Crippen LogP contribution >= 0.6 is 0 Å². The van der Waals surface area contributed by atoms with Crippen molar-refractivity contribution in [1.29, 1.82) is 0 Å². The monoisotopic (exact) mass is 312 g/mol. The van der Waals surface area contributed by atoms with Crippen molar-refractivity contribution in [2.45, 2.75) is 66.8 Å². The van der Waals surface area contributed by atoms with Crippen LogP contribution in [0.3, 0.4) is 0 Å². The van der Waals surface area contributed by atoms with Gasteiger partial charge in [0.05, 0.1) is 0 Å². The molecule has 3 N–H and O–H groups in total. The average molecular weight is 313 g/mol. The van der Waals surface area contributed by atoms with Crippen molar-refractivity contribution < 1.29 is 0 Å². The van der Waals surface area contributed by atoms with E-state index < -0.39 is 0 Å². The highest BCUT2D eigenvalue weighted by Crippen LogP contribution is 2.36. The first-order valence-electron chi connectivity index (χ1n) is 8.96. The summed E-state index contributed by atoms with van der Waals surface area (Å²) in [6.45, 7) is 18.9. The van der Waals surface area contributed by atoms with Crippen molar-refractivity contribution in [3.8, 4) is 0 Å². The zero-order chi connectivity index (χ0) is 17.1. The Balaban J connectivity index is 2.74. The van der Waals surface area contributed by atoms with Crippen LogP contribution in [0.2, 0.25) is 0 Å². The number of nitrogens with two attached hydrogens (primary N) is 1. The minimum Gasteiger partial charge on any atom is -0.330 e. The van der Waals surface area contributed by atoms with Crippen LogP contribution in [0.5, 0.6) is 0 Å². The van der Waals surface area contributed by atoms with Crippen molar-refractivity contribution in [3.63, 3.8) is 0 Å². The van der Waals surface area contributed by atoms with Gasteiger partial charge in [-0.05, 0) is 51.4 Å². The normalized spacial score (nSPS) is 28.1. The molecular weight excluding hydrogens is 272 g/mol. The molecule has 3 atom stereocenters. The molecule has 1 saturated heterocycles. The summed E-state index contributed by atoms with van der Waals surface area (Å²) in [4.78, 5) is 0. The number of hydrogen-bond acceptors (Lipinski definition) is 4. The summed E-state index contributed by atoms with van der Waals surface area (Å²) < 4.78 is 0. The van der Waals surface area contributed by atoms with Crippen molar-refractivity contribution >= 4 is 0 Å². The van der Waals surface area contributed by atoms with Crippen LogP contribution in [0.15, 0.2) is 0 Å². The zero-order valence-corrected chi connectivity index (χ0v) is 16.2. The molecule has 1 rings (SSSR count). The van der Waals surface area contributed by atoms with E-state index in [0.29, 0.717) is 5.92 Å². The lowest BCUT2D eigenvalue weighted by Crippen LogP contribution is -2.69. The topological polar surface area (TPSA) is 44.5 Å². The van der Waals surface area contributed by atoms with Crippen molar-refractivity contribution in [1.82, 2.24) is 15.6 Å². The fourth-order valence-corrected chi connectivity index (χ4v) is 4.11. The SMILES string of the molecule is CC(C)CC(C)CC(C)C1(CN)CNN(C(C)(C)C)N(C)C1. The fraction of sp³-hybridized carbons (Fsp3) is 1.00. The van der Waals surface area contributed by atoms with Gasteiger partial charge in [-0.2, -0.15) is 5.12 Å². The fourth-order valence-electron chi connectivity index (χ4n) is 4.11. The molecule has 0 amide bonds. The second-order valence-corrected chi connectivity index (χ2v) is 9.07. The molecule has 0 aromatic rings. The summed E-state index contributed by atoms with van der Waals surface area (Å²) in [6.07, 6.45) is 2.57. The van der Waals surface area contributed by atoms with Crippen LogP contribution in [-0.4, -0.2) is 42.3 Å². The predicted molar refractivity (Wildman–Crippen MR) is 96.1 cm³/mol. The molecule has 132 valence electrons. The molecule has 1 fully saturated rings. The van der Waals surface area contributed by atoms with E-state index in [2.05, 4.69) is 71.1 Å². The minimum atomic E-state index is 0.0870. The summed E-state index contributed by atoms with van der Waals surface area (Å²) in [7, 11) is 2.17. The molecule has 1 heterocycles. The van der Waals surface area contributed by atoms with E-state index in [-0.39, 0.29) is 11.0 Å². The molecule has 1 aliphatic heterocycles. The van der Waals surface area contributed by atoms with E-state index in [1.807, 2.05) is 0 Å². The first-order chi connectivity index (χ1) is 10.0. The van der Waals surface area contributed by atoms with Gasteiger partial charge < -0.3 is 5.73 Å². The number of nitrogens with zero attached hydrogens (tertiary/aromatic N) is 2. The molecular formula is C18H40N4. The Kier molecular flexibility index (Phi) is 6.88. The molecule has 4 nitrogen and oxygen atoms in total. The Labute approximate surface area is 138 Å². The van der Waals surface area contributed by atoms with E-state index in [1.165, 1.54) is 12.8 Å². The molecule has 0 bridgehead atoms. The third-order valence-corrected chi connectivity index (χ3v) is 5.18. The van der Waals surface area contributed by atoms with Gasteiger partial charge in [0.1, 0.15) is 0 Å². The molecule has 0 saturated carbocycles. The summed E-state index contributed by atoms with van der Waals surface area (Å²) in [5.74, 6) is 2.17. The summed E-state index contributed by atoms with van der Waals surface area (Å²) in [5.41, 5.74) is 10.1. The van der Waals surface area contributed by atoms with Gasteiger partial charge in [-0.15, -0.1) is 0 Å². The maximum absolute atomic E-state index is 6.25. The maximum Gasteiger partial charge on any atom is 0.0428 e. The highest BCUT2D eigenvalue weighted by Gasteiger charge is 2.43. The number of rotatable bonds is 6. The minimum absolute atomic E-state index is 0.0870. The van der Waals surface area contributed by atoms with Crippen LogP contribution < -0.4 is 11.2 Å². The Morgan fingerprint density at radius 3 is 2.14 bits per heavy atom.